The molecule has 1 amide bonds. The largest absolute Gasteiger partial charge is 0.479 e. The van der Waals surface area contributed by atoms with Gasteiger partial charge in [0, 0.05) is 18.6 Å². The molecule has 2 aromatic heterocycles. The second-order valence-electron chi connectivity index (χ2n) is 7.58. The molecule has 2 heterocycles. The molecule has 8 nitrogen and oxygen atoms in total. The van der Waals surface area contributed by atoms with Crippen LogP contribution in [0.2, 0.25) is 0 Å². The molecule has 0 saturated heterocycles. The van der Waals surface area contributed by atoms with Crippen molar-refractivity contribution in [3.63, 3.8) is 0 Å². The number of carboxylic acids is 1. The van der Waals surface area contributed by atoms with Crippen LogP contribution < -0.4 is 0 Å². The van der Waals surface area contributed by atoms with Crippen LogP contribution in [0.25, 0.3) is 16.6 Å². The Kier molecular flexibility index (Phi) is 4.77. The number of aromatic nitrogens is 4. The molecule has 0 spiro atoms. The van der Waals surface area contributed by atoms with Gasteiger partial charge in [0.2, 0.25) is 0 Å². The number of hydrogen-bond donors (Lipinski definition) is 1. The number of carbonyl (C=O) groups is 2. The van der Waals surface area contributed by atoms with E-state index in [9.17, 15) is 14.7 Å². The molecule has 4 rings (SSSR count). The quantitative estimate of drug-likeness (QED) is 0.731. The Morgan fingerprint density at radius 1 is 1.17 bits per heavy atom. The number of fused-ring (bicyclic) bond motifs is 1. The minimum atomic E-state index is -1.18. The molecule has 3 aromatic rings. The maximum atomic E-state index is 13.2. The van der Waals surface area contributed by atoms with Gasteiger partial charge < -0.3 is 10.0 Å². The van der Waals surface area contributed by atoms with Gasteiger partial charge in [0.15, 0.2) is 5.69 Å². The number of likely N-dealkylation sites (N-methyl/N-ethyl adjacent to an activating group) is 1. The molecule has 0 atom stereocenters. The number of aliphatic carboxylic acids is 1. The van der Waals surface area contributed by atoms with Crippen LogP contribution in [0, 0.1) is 6.92 Å². The molecule has 0 aliphatic heterocycles. The van der Waals surface area contributed by atoms with E-state index >= 15 is 0 Å². The highest BCUT2D eigenvalue weighted by atomic mass is 16.4. The molecule has 150 valence electrons. The predicted molar refractivity (Wildman–Crippen MR) is 107 cm³/mol. The zero-order valence-electron chi connectivity index (χ0n) is 16.5. The van der Waals surface area contributed by atoms with Crippen LogP contribution in [0.1, 0.15) is 48.3 Å². The molecule has 0 radical (unpaired) electrons. The average molecular weight is 393 g/mol. The monoisotopic (exact) mass is 393 g/mol. The van der Waals surface area contributed by atoms with Crippen LogP contribution in [0.15, 0.2) is 36.5 Å². The lowest BCUT2D eigenvalue weighted by molar-refractivity contribution is -0.151. The second-order valence-corrected chi connectivity index (χ2v) is 7.58. The van der Waals surface area contributed by atoms with Crippen molar-refractivity contribution in [2.24, 2.45) is 0 Å². The lowest BCUT2D eigenvalue weighted by Crippen LogP contribution is -2.56. The van der Waals surface area contributed by atoms with Crippen molar-refractivity contribution in [3.05, 3.63) is 47.9 Å². The molecule has 1 aliphatic carbocycles. The maximum Gasteiger partial charge on any atom is 0.329 e. The highest BCUT2D eigenvalue weighted by Gasteiger charge is 2.46. The normalized spacial score (nSPS) is 15.9. The summed E-state index contributed by atoms with van der Waals surface area (Å²) in [5, 5.41) is 19.1. The third-order valence-electron chi connectivity index (χ3n) is 5.95. The van der Waals surface area contributed by atoms with Crippen molar-refractivity contribution in [1.82, 2.24) is 24.9 Å². The minimum Gasteiger partial charge on any atom is -0.479 e. The Morgan fingerprint density at radius 2 is 1.93 bits per heavy atom. The van der Waals surface area contributed by atoms with Crippen LogP contribution in [0.3, 0.4) is 0 Å². The van der Waals surface area contributed by atoms with Gasteiger partial charge in [-0.05, 0) is 44.0 Å². The van der Waals surface area contributed by atoms with Crippen LogP contribution in [-0.4, -0.2) is 54.4 Å². The van der Waals surface area contributed by atoms with E-state index in [2.05, 4.69) is 15.3 Å². The fourth-order valence-electron chi connectivity index (χ4n) is 4.15. The molecular formula is C21H23N5O3. The van der Waals surface area contributed by atoms with Gasteiger partial charge in [0.25, 0.3) is 5.91 Å². The number of pyridine rings is 1. The van der Waals surface area contributed by atoms with Crippen molar-refractivity contribution in [2.45, 2.75) is 44.6 Å². The van der Waals surface area contributed by atoms with Crippen LogP contribution in [-0.2, 0) is 4.79 Å². The smallest absolute Gasteiger partial charge is 0.329 e. The summed E-state index contributed by atoms with van der Waals surface area (Å²) in [4.78, 5) is 30.9. The van der Waals surface area contributed by atoms with Crippen molar-refractivity contribution in [3.8, 4) is 5.69 Å². The van der Waals surface area contributed by atoms with E-state index in [4.69, 9.17) is 0 Å². The Balaban J connectivity index is 1.68. The Bertz CT molecular complexity index is 1080. The number of nitrogens with zero attached hydrogens (tertiary/aromatic N) is 5. The highest BCUT2D eigenvalue weighted by molar-refractivity contribution is 5.97. The number of amides is 1. The van der Waals surface area contributed by atoms with Crippen LogP contribution >= 0.6 is 0 Å². The fourth-order valence-corrected chi connectivity index (χ4v) is 4.15. The molecule has 0 bridgehead atoms. The lowest BCUT2D eigenvalue weighted by Gasteiger charge is -2.40. The molecule has 1 aliphatic rings. The van der Waals surface area contributed by atoms with Gasteiger partial charge >= 0.3 is 5.97 Å². The second kappa shape index (κ2) is 7.27. The average Bonchev–Trinajstić information content (AvgIpc) is 3.14. The van der Waals surface area contributed by atoms with Gasteiger partial charge in [0.05, 0.1) is 16.9 Å². The van der Waals surface area contributed by atoms with Crippen molar-refractivity contribution in [2.75, 3.05) is 7.05 Å². The summed E-state index contributed by atoms with van der Waals surface area (Å²) in [6.07, 6.45) is 5.22. The first-order valence-corrected chi connectivity index (χ1v) is 9.73. The van der Waals surface area contributed by atoms with Gasteiger partial charge in [0.1, 0.15) is 5.54 Å². The number of rotatable bonds is 4. The molecule has 1 saturated carbocycles. The Hall–Kier alpha value is -3.29. The zero-order chi connectivity index (χ0) is 20.6. The van der Waals surface area contributed by atoms with Gasteiger partial charge in [-0.15, -0.1) is 5.10 Å². The summed E-state index contributed by atoms with van der Waals surface area (Å²) in [6.45, 7) is 1.77. The Morgan fingerprint density at radius 3 is 2.66 bits per heavy atom. The lowest BCUT2D eigenvalue weighted by atomic mass is 9.80. The third-order valence-corrected chi connectivity index (χ3v) is 5.95. The molecule has 1 aromatic carbocycles. The van der Waals surface area contributed by atoms with E-state index in [1.807, 2.05) is 30.3 Å². The van der Waals surface area contributed by atoms with E-state index < -0.39 is 17.4 Å². The first-order chi connectivity index (χ1) is 13.9. The van der Waals surface area contributed by atoms with Gasteiger partial charge in [-0.3, -0.25) is 9.78 Å². The molecular weight excluding hydrogens is 370 g/mol. The first kappa shape index (κ1) is 19.0. The number of carboxylic acid groups (broad SMARTS) is 1. The van der Waals surface area contributed by atoms with E-state index in [1.54, 1.807) is 24.9 Å². The maximum absolute atomic E-state index is 13.2. The topological polar surface area (TPSA) is 101 Å². The van der Waals surface area contributed by atoms with Crippen LogP contribution in [0.5, 0.6) is 0 Å². The standard InChI is InChI=1S/C21H23N5O3/c1-14-18(19(27)25(2)21(20(28)29)10-4-3-5-11-21)23-24-26(14)16-8-9-17-15(13-16)7-6-12-22-17/h6-9,12-13H,3-5,10-11H2,1-2H3,(H,28,29). The summed E-state index contributed by atoms with van der Waals surface area (Å²) in [5.41, 5.74) is 1.19. The van der Waals surface area contributed by atoms with Crippen LogP contribution in [0.4, 0.5) is 0 Å². The predicted octanol–water partition coefficient (Wildman–Crippen LogP) is 2.98. The molecule has 8 heteroatoms. The molecule has 0 unspecified atom stereocenters. The van der Waals surface area contributed by atoms with Crippen molar-refractivity contribution < 1.29 is 14.7 Å². The van der Waals surface area contributed by atoms with E-state index in [0.29, 0.717) is 18.5 Å². The van der Waals surface area contributed by atoms with Gasteiger partial charge in [-0.2, -0.15) is 0 Å². The third kappa shape index (κ3) is 3.14. The number of benzene rings is 1. The first-order valence-electron chi connectivity index (χ1n) is 9.73. The van der Waals surface area contributed by atoms with Crippen molar-refractivity contribution in [1.29, 1.82) is 0 Å². The SMILES string of the molecule is Cc1c(C(=O)N(C)C2(C(=O)O)CCCCC2)nnn1-c1ccc2ncccc2c1. The van der Waals surface area contributed by atoms with E-state index in [0.717, 1.165) is 35.9 Å². The summed E-state index contributed by atoms with van der Waals surface area (Å²) in [5.74, 6) is -1.37. The molecule has 29 heavy (non-hydrogen) atoms. The highest BCUT2D eigenvalue weighted by Crippen LogP contribution is 2.34. The van der Waals surface area contributed by atoms with Crippen molar-refractivity contribution >= 4 is 22.8 Å². The summed E-state index contributed by atoms with van der Waals surface area (Å²) < 4.78 is 1.60. The summed E-state index contributed by atoms with van der Waals surface area (Å²) in [7, 11) is 1.56. The van der Waals surface area contributed by atoms with Gasteiger partial charge in [-0.25, -0.2) is 9.48 Å². The fraction of sp³-hybridized carbons (Fsp3) is 0.381. The summed E-state index contributed by atoms with van der Waals surface area (Å²) in [6, 6.07) is 9.51. The molecule has 1 N–H and O–H groups in total. The molecule has 1 fully saturated rings. The zero-order valence-corrected chi connectivity index (χ0v) is 16.5. The number of carbonyl (C=O) groups excluding carboxylic acids is 1. The van der Waals surface area contributed by atoms with E-state index in [1.165, 1.54) is 4.90 Å². The van der Waals surface area contributed by atoms with Gasteiger partial charge in [-0.1, -0.05) is 30.5 Å². The minimum absolute atomic E-state index is 0.171. The summed E-state index contributed by atoms with van der Waals surface area (Å²) >= 11 is 0. The van der Waals surface area contributed by atoms with E-state index in [-0.39, 0.29) is 5.69 Å². The number of hydrogen-bond acceptors (Lipinski definition) is 5. The Labute approximate surface area is 168 Å².